The molecule has 0 saturated carbocycles. The summed E-state index contributed by atoms with van der Waals surface area (Å²) in [6.07, 6.45) is 0. The van der Waals surface area contributed by atoms with Crippen LogP contribution in [-0.4, -0.2) is 48.0 Å². The molecule has 0 aromatic heterocycles. The van der Waals surface area contributed by atoms with Crippen LogP contribution in [0.5, 0.6) is 5.75 Å². The lowest BCUT2D eigenvalue weighted by Gasteiger charge is -2.19. The normalized spacial score (nSPS) is 15.9. The maximum Gasteiger partial charge on any atom is 0.322 e. The van der Waals surface area contributed by atoms with Crippen molar-refractivity contribution < 1.29 is 24.2 Å². The van der Waals surface area contributed by atoms with Crippen molar-refractivity contribution in [2.75, 3.05) is 20.2 Å². The van der Waals surface area contributed by atoms with Crippen LogP contribution in [0, 0.1) is 11.3 Å². The number of hydrogen-bond donors (Lipinski definition) is 2. The topological polar surface area (TPSA) is 120 Å². The highest BCUT2D eigenvalue weighted by Gasteiger charge is 2.39. The van der Waals surface area contributed by atoms with Crippen molar-refractivity contribution in [3.8, 4) is 11.8 Å². The van der Waals surface area contributed by atoms with Gasteiger partial charge in [0, 0.05) is 5.56 Å². The van der Waals surface area contributed by atoms with Crippen molar-refractivity contribution in [1.82, 2.24) is 10.2 Å². The Hall–Kier alpha value is -3.08. The van der Waals surface area contributed by atoms with E-state index < -0.39 is 36.9 Å². The number of hydrogen-bond acceptors (Lipinski definition) is 5. The lowest BCUT2D eigenvalue weighted by Crippen LogP contribution is -2.40. The van der Waals surface area contributed by atoms with E-state index in [4.69, 9.17) is 9.84 Å². The molecule has 2 N–H and O–H groups in total. The highest BCUT2D eigenvalue weighted by atomic mass is 16.5. The second-order valence-electron chi connectivity index (χ2n) is 4.56. The maximum absolute atomic E-state index is 12.4. The number of aliphatic carboxylic acids is 1. The molecular formula is C14H13N3O5. The summed E-state index contributed by atoms with van der Waals surface area (Å²) in [6, 6.07) is 5.94. The number of nitrogens with one attached hydrogen (secondary N) is 1. The maximum atomic E-state index is 12.4. The van der Waals surface area contributed by atoms with Crippen LogP contribution in [-0.2, 0) is 9.59 Å². The Morgan fingerprint density at radius 3 is 2.82 bits per heavy atom. The highest BCUT2D eigenvalue weighted by Crippen LogP contribution is 2.37. The molecule has 2 amide bonds. The van der Waals surface area contributed by atoms with E-state index in [1.807, 2.05) is 6.07 Å². The van der Waals surface area contributed by atoms with Crippen LogP contribution in [0.3, 0.4) is 0 Å². The van der Waals surface area contributed by atoms with Crippen LogP contribution in [0.15, 0.2) is 18.2 Å². The second kappa shape index (κ2) is 6.13. The molecule has 0 spiro atoms. The number of carbonyl (C=O) groups is 3. The second-order valence-corrected chi connectivity index (χ2v) is 4.56. The van der Waals surface area contributed by atoms with Gasteiger partial charge in [-0.15, -0.1) is 0 Å². The summed E-state index contributed by atoms with van der Waals surface area (Å²) in [4.78, 5) is 35.6. The van der Waals surface area contributed by atoms with Gasteiger partial charge in [-0.3, -0.25) is 14.4 Å². The van der Waals surface area contributed by atoms with E-state index in [0.29, 0.717) is 11.3 Å². The van der Waals surface area contributed by atoms with Crippen molar-refractivity contribution in [2.24, 2.45) is 0 Å². The number of carboxylic acid groups (broad SMARTS) is 1. The van der Waals surface area contributed by atoms with E-state index in [1.54, 1.807) is 18.2 Å². The Bertz CT molecular complexity index is 680. The van der Waals surface area contributed by atoms with Gasteiger partial charge in [-0.05, 0) is 6.07 Å². The van der Waals surface area contributed by atoms with Crippen molar-refractivity contribution >= 4 is 17.8 Å². The molecule has 0 fully saturated rings. The molecule has 1 heterocycles. The van der Waals surface area contributed by atoms with Gasteiger partial charge in [0.05, 0.1) is 18.7 Å². The largest absolute Gasteiger partial charge is 0.496 e. The van der Waals surface area contributed by atoms with Crippen LogP contribution in [0.25, 0.3) is 0 Å². The Morgan fingerprint density at radius 1 is 1.50 bits per heavy atom. The Kier molecular flexibility index (Phi) is 4.27. The third-order valence-corrected chi connectivity index (χ3v) is 3.23. The van der Waals surface area contributed by atoms with Crippen molar-refractivity contribution in [3.05, 3.63) is 29.3 Å². The first-order valence-electron chi connectivity index (χ1n) is 6.35. The first kappa shape index (κ1) is 15.3. The van der Waals surface area contributed by atoms with Gasteiger partial charge in [0.25, 0.3) is 5.91 Å². The number of carboxylic acids is 1. The molecule has 1 aromatic carbocycles. The fourth-order valence-corrected chi connectivity index (χ4v) is 2.29. The summed E-state index contributed by atoms with van der Waals surface area (Å²) in [7, 11) is 1.41. The van der Waals surface area contributed by atoms with E-state index in [9.17, 15) is 19.6 Å². The fraction of sp³-hybridized carbons (Fsp3) is 0.286. The quantitative estimate of drug-likeness (QED) is 0.785. The van der Waals surface area contributed by atoms with Gasteiger partial charge in [0.15, 0.2) is 0 Å². The number of fused-ring (bicyclic) bond motifs is 1. The van der Waals surface area contributed by atoms with E-state index in [0.717, 1.165) is 4.90 Å². The minimum absolute atomic E-state index is 0.252. The van der Waals surface area contributed by atoms with Gasteiger partial charge in [-0.2, -0.15) is 5.26 Å². The number of benzene rings is 1. The van der Waals surface area contributed by atoms with Crippen LogP contribution in [0.2, 0.25) is 0 Å². The van der Waals surface area contributed by atoms with Gasteiger partial charge >= 0.3 is 5.97 Å². The minimum atomic E-state index is -1.19. The lowest BCUT2D eigenvalue weighted by molar-refractivity contribution is -0.138. The molecule has 0 bridgehead atoms. The molecule has 8 heteroatoms. The molecule has 1 atom stereocenters. The summed E-state index contributed by atoms with van der Waals surface area (Å²) in [5.74, 6) is -2.01. The fourth-order valence-electron chi connectivity index (χ4n) is 2.29. The molecule has 22 heavy (non-hydrogen) atoms. The van der Waals surface area contributed by atoms with E-state index in [2.05, 4.69) is 5.32 Å². The molecule has 8 nitrogen and oxygen atoms in total. The first-order valence-corrected chi connectivity index (χ1v) is 6.35. The minimum Gasteiger partial charge on any atom is -0.496 e. The Labute approximate surface area is 125 Å². The SMILES string of the molecule is COc1cccc2c1C(=O)N(CC(=O)NCC(=O)O)C2C#N. The van der Waals surface area contributed by atoms with Gasteiger partial charge in [0.2, 0.25) is 5.91 Å². The highest BCUT2D eigenvalue weighted by molar-refractivity contribution is 6.03. The Balaban J connectivity index is 2.24. The average Bonchev–Trinajstić information content (AvgIpc) is 2.77. The van der Waals surface area contributed by atoms with Crippen LogP contribution in [0.1, 0.15) is 22.0 Å². The molecular weight excluding hydrogens is 290 g/mol. The summed E-state index contributed by atoms with van der Waals surface area (Å²) in [6.45, 7) is -0.948. The average molecular weight is 303 g/mol. The predicted octanol–water partition coefficient (Wildman–Crippen LogP) is -0.0835. The van der Waals surface area contributed by atoms with E-state index >= 15 is 0 Å². The van der Waals surface area contributed by atoms with Crippen molar-refractivity contribution in [2.45, 2.75) is 6.04 Å². The van der Waals surface area contributed by atoms with E-state index in [-0.39, 0.29) is 5.56 Å². The zero-order valence-corrected chi connectivity index (χ0v) is 11.7. The van der Waals surface area contributed by atoms with Crippen molar-refractivity contribution in [3.63, 3.8) is 0 Å². The molecule has 114 valence electrons. The molecule has 1 aromatic rings. The lowest BCUT2D eigenvalue weighted by atomic mass is 10.0. The van der Waals surface area contributed by atoms with Crippen LogP contribution in [0.4, 0.5) is 0 Å². The summed E-state index contributed by atoms with van der Waals surface area (Å²) >= 11 is 0. The zero-order chi connectivity index (χ0) is 16.3. The zero-order valence-electron chi connectivity index (χ0n) is 11.7. The van der Waals surface area contributed by atoms with Crippen LogP contribution >= 0.6 is 0 Å². The smallest absolute Gasteiger partial charge is 0.322 e. The molecule has 1 aliphatic rings. The standard InChI is InChI=1S/C14H13N3O5/c1-22-10-4-2-3-8-9(5-15)17(14(21)13(8)10)7-11(18)16-6-12(19)20/h2-4,9H,6-7H2,1H3,(H,16,18)(H,19,20). The molecule has 1 aliphatic heterocycles. The van der Waals surface area contributed by atoms with Gasteiger partial charge in [-0.1, -0.05) is 12.1 Å². The molecule has 0 radical (unpaired) electrons. The third-order valence-electron chi connectivity index (χ3n) is 3.23. The Morgan fingerprint density at radius 2 is 2.23 bits per heavy atom. The van der Waals surface area contributed by atoms with Gasteiger partial charge < -0.3 is 20.1 Å². The number of ether oxygens (including phenoxy) is 1. The van der Waals surface area contributed by atoms with Crippen LogP contribution < -0.4 is 10.1 Å². The summed E-state index contributed by atoms with van der Waals surface area (Å²) < 4.78 is 5.12. The number of rotatable bonds is 5. The summed E-state index contributed by atoms with van der Waals surface area (Å²) in [5.41, 5.74) is 0.723. The van der Waals surface area contributed by atoms with Gasteiger partial charge in [0.1, 0.15) is 24.9 Å². The molecule has 1 unspecified atom stereocenters. The van der Waals surface area contributed by atoms with Crippen molar-refractivity contribution in [1.29, 1.82) is 5.26 Å². The first-order chi connectivity index (χ1) is 10.5. The number of nitriles is 1. The monoisotopic (exact) mass is 303 g/mol. The number of amides is 2. The van der Waals surface area contributed by atoms with E-state index in [1.165, 1.54) is 7.11 Å². The number of methoxy groups -OCH3 is 1. The summed E-state index contributed by atoms with van der Waals surface area (Å²) in [5, 5.41) is 20.0. The molecule has 0 aliphatic carbocycles. The molecule has 2 rings (SSSR count). The number of nitrogens with zero attached hydrogens (tertiary/aromatic N) is 2. The molecule has 0 saturated heterocycles. The van der Waals surface area contributed by atoms with Gasteiger partial charge in [-0.25, -0.2) is 0 Å². The predicted molar refractivity (Wildman–Crippen MR) is 73.0 cm³/mol. The number of carbonyl (C=O) groups excluding carboxylic acids is 2. The third kappa shape index (κ3) is 2.69.